The van der Waals surface area contributed by atoms with Crippen molar-refractivity contribution in [2.45, 2.75) is 39.7 Å². The van der Waals surface area contributed by atoms with Crippen molar-refractivity contribution in [1.29, 1.82) is 0 Å². The lowest BCUT2D eigenvalue weighted by molar-refractivity contribution is 0.840. The van der Waals surface area contributed by atoms with Crippen molar-refractivity contribution in [3.8, 4) is 0 Å². The molecule has 0 atom stereocenters. The zero-order valence-electron chi connectivity index (χ0n) is 11.0. The first kappa shape index (κ1) is 13.0. The summed E-state index contributed by atoms with van der Waals surface area (Å²) in [5.74, 6) is 1.15. The standard InChI is InChI=1S/C13H18N4S/c1-4-10-5-14-13(15-6-10)16-7-11-8-18-12(17-11)9(2)3/h5-6,8-9H,4,7H2,1-3H3,(H,14,15,16). The highest BCUT2D eigenvalue weighted by Gasteiger charge is 2.05. The topological polar surface area (TPSA) is 50.7 Å². The maximum absolute atomic E-state index is 4.56. The summed E-state index contributed by atoms with van der Waals surface area (Å²) >= 11 is 1.71. The second-order valence-corrected chi connectivity index (χ2v) is 5.34. The van der Waals surface area contributed by atoms with Crippen LogP contribution in [0.2, 0.25) is 0 Å². The molecule has 0 bridgehead atoms. The smallest absolute Gasteiger partial charge is 0.222 e. The molecule has 2 heterocycles. The van der Waals surface area contributed by atoms with Gasteiger partial charge in [-0.05, 0) is 12.0 Å². The van der Waals surface area contributed by atoms with Crippen LogP contribution in [-0.2, 0) is 13.0 Å². The molecule has 0 saturated heterocycles. The summed E-state index contributed by atoms with van der Waals surface area (Å²) in [6.07, 6.45) is 4.68. The molecule has 0 fully saturated rings. The molecule has 0 unspecified atom stereocenters. The average Bonchev–Trinajstić information content (AvgIpc) is 2.86. The van der Waals surface area contributed by atoms with E-state index in [1.807, 2.05) is 12.4 Å². The minimum absolute atomic E-state index is 0.490. The number of nitrogens with zero attached hydrogens (tertiary/aromatic N) is 3. The molecule has 0 aliphatic carbocycles. The van der Waals surface area contributed by atoms with E-state index in [0.717, 1.165) is 17.7 Å². The van der Waals surface area contributed by atoms with Crippen LogP contribution in [0.1, 0.15) is 43.0 Å². The number of hydrogen-bond acceptors (Lipinski definition) is 5. The average molecular weight is 262 g/mol. The van der Waals surface area contributed by atoms with E-state index >= 15 is 0 Å². The van der Waals surface area contributed by atoms with Crippen molar-refractivity contribution < 1.29 is 0 Å². The van der Waals surface area contributed by atoms with Gasteiger partial charge in [0.1, 0.15) is 0 Å². The van der Waals surface area contributed by atoms with Crippen LogP contribution >= 0.6 is 11.3 Å². The zero-order valence-corrected chi connectivity index (χ0v) is 11.8. The van der Waals surface area contributed by atoms with E-state index in [-0.39, 0.29) is 0 Å². The molecule has 0 saturated carbocycles. The molecular formula is C13H18N4S. The molecule has 4 nitrogen and oxygen atoms in total. The molecule has 0 aliphatic rings. The maximum Gasteiger partial charge on any atom is 0.222 e. The van der Waals surface area contributed by atoms with E-state index in [1.54, 1.807) is 11.3 Å². The highest BCUT2D eigenvalue weighted by molar-refractivity contribution is 7.09. The molecule has 18 heavy (non-hydrogen) atoms. The highest BCUT2D eigenvalue weighted by atomic mass is 32.1. The first-order chi connectivity index (χ1) is 8.69. The van der Waals surface area contributed by atoms with Gasteiger partial charge in [-0.25, -0.2) is 15.0 Å². The van der Waals surface area contributed by atoms with Gasteiger partial charge in [0.05, 0.1) is 17.2 Å². The van der Waals surface area contributed by atoms with Crippen LogP contribution in [0.25, 0.3) is 0 Å². The Morgan fingerprint density at radius 2 is 2.00 bits per heavy atom. The molecule has 0 spiro atoms. The Morgan fingerprint density at radius 1 is 1.28 bits per heavy atom. The molecule has 0 radical (unpaired) electrons. The zero-order chi connectivity index (χ0) is 13.0. The first-order valence-electron chi connectivity index (χ1n) is 6.18. The minimum Gasteiger partial charge on any atom is -0.349 e. The van der Waals surface area contributed by atoms with Crippen molar-refractivity contribution in [2.75, 3.05) is 5.32 Å². The molecule has 2 rings (SSSR count). The molecule has 0 amide bonds. The summed E-state index contributed by atoms with van der Waals surface area (Å²) in [6.45, 7) is 7.08. The van der Waals surface area contributed by atoms with E-state index in [0.29, 0.717) is 18.4 Å². The number of thiazole rings is 1. The van der Waals surface area contributed by atoms with Gasteiger partial charge in [0.2, 0.25) is 5.95 Å². The lowest BCUT2D eigenvalue weighted by atomic mass is 10.2. The van der Waals surface area contributed by atoms with Gasteiger partial charge in [-0.15, -0.1) is 11.3 Å². The third-order valence-electron chi connectivity index (χ3n) is 2.60. The predicted molar refractivity (Wildman–Crippen MR) is 74.9 cm³/mol. The van der Waals surface area contributed by atoms with Crippen molar-refractivity contribution in [3.05, 3.63) is 34.0 Å². The van der Waals surface area contributed by atoms with Gasteiger partial charge >= 0.3 is 0 Å². The van der Waals surface area contributed by atoms with Crippen LogP contribution in [-0.4, -0.2) is 15.0 Å². The number of aryl methyl sites for hydroxylation is 1. The Morgan fingerprint density at radius 3 is 2.56 bits per heavy atom. The summed E-state index contributed by atoms with van der Waals surface area (Å²) in [5, 5.41) is 6.45. The third-order valence-corrected chi connectivity index (χ3v) is 3.80. The monoisotopic (exact) mass is 262 g/mol. The van der Waals surface area contributed by atoms with Crippen LogP contribution < -0.4 is 5.32 Å². The molecule has 0 aliphatic heterocycles. The van der Waals surface area contributed by atoms with E-state index in [1.165, 1.54) is 5.01 Å². The number of anilines is 1. The Labute approximate surface area is 112 Å². The van der Waals surface area contributed by atoms with Crippen molar-refractivity contribution >= 4 is 17.3 Å². The fourth-order valence-corrected chi connectivity index (χ4v) is 2.30. The van der Waals surface area contributed by atoms with Crippen LogP contribution in [0.15, 0.2) is 17.8 Å². The fraction of sp³-hybridized carbons (Fsp3) is 0.462. The maximum atomic E-state index is 4.56. The SMILES string of the molecule is CCc1cnc(NCc2csc(C(C)C)n2)nc1. The molecule has 2 aromatic rings. The molecule has 2 aromatic heterocycles. The minimum atomic E-state index is 0.490. The predicted octanol–water partition coefficient (Wildman–Crippen LogP) is 3.23. The molecule has 5 heteroatoms. The lowest BCUT2D eigenvalue weighted by Crippen LogP contribution is -2.04. The number of aromatic nitrogens is 3. The van der Waals surface area contributed by atoms with E-state index < -0.39 is 0 Å². The lowest BCUT2D eigenvalue weighted by Gasteiger charge is -2.03. The van der Waals surface area contributed by atoms with Crippen molar-refractivity contribution in [2.24, 2.45) is 0 Å². The summed E-state index contributed by atoms with van der Waals surface area (Å²) in [5.41, 5.74) is 2.20. The van der Waals surface area contributed by atoms with Gasteiger partial charge in [0.15, 0.2) is 0 Å². The normalized spacial score (nSPS) is 10.9. The van der Waals surface area contributed by atoms with Gasteiger partial charge in [-0.2, -0.15) is 0 Å². The number of nitrogens with one attached hydrogen (secondary N) is 1. The summed E-state index contributed by atoms with van der Waals surface area (Å²) in [7, 11) is 0. The quantitative estimate of drug-likeness (QED) is 0.898. The highest BCUT2D eigenvalue weighted by Crippen LogP contribution is 2.19. The third kappa shape index (κ3) is 3.26. The van der Waals surface area contributed by atoms with E-state index in [4.69, 9.17) is 0 Å². The molecule has 0 aromatic carbocycles. The fourth-order valence-electron chi connectivity index (χ4n) is 1.47. The Kier molecular flexibility index (Phi) is 4.25. The molecule has 96 valence electrons. The van der Waals surface area contributed by atoms with Crippen molar-refractivity contribution in [3.63, 3.8) is 0 Å². The first-order valence-corrected chi connectivity index (χ1v) is 7.06. The van der Waals surface area contributed by atoms with E-state index in [2.05, 4.69) is 46.4 Å². The molecular weight excluding hydrogens is 244 g/mol. The van der Waals surface area contributed by atoms with Crippen LogP contribution in [0.3, 0.4) is 0 Å². The van der Waals surface area contributed by atoms with Crippen molar-refractivity contribution in [1.82, 2.24) is 15.0 Å². The summed E-state index contributed by atoms with van der Waals surface area (Å²) in [4.78, 5) is 13.1. The summed E-state index contributed by atoms with van der Waals surface area (Å²) < 4.78 is 0. The van der Waals surface area contributed by atoms with Gasteiger partial charge < -0.3 is 5.32 Å². The van der Waals surface area contributed by atoms with Crippen LogP contribution in [0.4, 0.5) is 5.95 Å². The second-order valence-electron chi connectivity index (χ2n) is 4.45. The Balaban J connectivity index is 1.93. The van der Waals surface area contributed by atoms with Gasteiger partial charge in [0, 0.05) is 23.7 Å². The van der Waals surface area contributed by atoms with Gasteiger partial charge in [-0.1, -0.05) is 20.8 Å². The van der Waals surface area contributed by atoms with Gasteiger partial charge in [0.25, 0.3) is 0 Å². The largest absolute Gasteiger partial charge is 0.349 e. The van der Waals surface area contributed by atoms with Crippen LogP contribution in [0, 0.1) is 0 Å². The van der Waals surface area contributed by atoms with Crippen LogP contribution in [0.5, 0.6) is 0 Å². The van der Waals surface area contributed by atoms with Gasteiger partial charge in [-0.3, -0.25) is 0 Å². The molecule has 1 N–H and O–H groups in total. The van der Waals surface area contributed by atoms with E-state index in [9.17, 15) is 0 Å². The number of hydrogen-bond donors (Lipinski definition) is 1. The Bertz CT molecular complexity index is 490. The summed E-state index contributed by atoms with van der Waals surface area (Å²) in [6, 6.07) is 0. The second kappa shape index (κ2) is 5.91. The number of rotatable bonds is 5. The Hall–Kier alpha value is -1.49.